The Morgan fingerprint density at radius 1 is 1.33 bits per heavy atom. The van der Waals surface area contributed by atoms with E-state index in [0.29, 0.717) is 6.04 Å². The summed E-state index contributed by atoms with van der Waals surface area (Å²) in [5.41, 5.74) is 0. The SMILES string of the molecule is CC(NC(C)C1CCCC1)c1nn[nH]n1. The Morgan fingerprint density at radius 2 is 2.07 bits per heavy atom. The fourth-order valence-electron chi connectivity index (χ4n) is 2.42. The van der Waals surface area contributed by atoms with Gasteiger partial charge in [-0.25, -0.2) is 0 Å². The Bertz CT molecular complexity index is 278. The van der Waals surface area contributed by atoms with Gasteiger partial charge in [0.25, 0.3) is 0 Å². The highest BCUT2D eigenvalue weighted by atomic mass is 15.5. The Hall–Kier alpha value is -0.970. The smallest absolute Gasteiger partial charge is 0.191 e. The lowest BCUT2D eigenvalue weighted by Crippen LogP contribution is -2.34. The van der Waals surface area contributed by atoms with E-state index in [9.17, 15) is 0 Å². The molecule has 0 radical (unpaired) electrons. The van der Waals surface area contributed by atoms with Gasteiger partial charge in [-0.05, 0) is 32.6 Å². The fourth-order valence-corrected chi connectivity index (χ4v) is 2.42. The van der Waals surface area contributed by atoms with Gasteiger partial charge in [0.2, 0.25) is 0 Å². The molecule has 0 amide bonds. The van der Waals surface area contributed by atoms with Gasteiger partial charge in [0.1, 0.15) is 0 Å². The van der Waals surface area contributed by atoms with Crippen LogP contribution in [0.5, 0.6) is 0 Å². The number of aromatic amines is 1. The molecule has 15 heavy (non-hydrogen) atoms. The standard InChI is InChI=1S/C10H19N5/c1-7(9-5-3-4-6-9)11-8(2)10-12-14-15-13-10/h7-9,11H,3-6H2,1-2H3,(H,12,13,14,15). The number of nitrogens with one attached hydrogen (secondary N) is 2. The summed E-state index contributed by atoms with van der Waals surface area (Å²) in [6, 6.07) is 0.723. The van der Waals surface area contributed by atoms with Gasteiger partial charge in [0, 0.05) is 6.04 Å². The summed E-state index contributed by atoms with van der Waals surface area (Å²) in [6.07, 6.45) is 5.47. The summed E-state index contributed by atoms with van der Waals surface area (Å²) in [4.78, 5) is 0. The number of aromatic nitrogens is 4. The molecule has 0 aromatic carbocycles. The topological polar surface area (TPSA) is 66.5 Å². The van der Waals surface area contributed by atoms with Crippen molar-refractivity contribution in [3.05, 3.63) is 5.82 Å². The lowest BCUT2D eigenvalue weighted by molar-refractivity contribution is 0.347. The normalized spacial score (nSPS) is 21.7. The molecule has 0 spiro atoms. The zero-order valence-electron chi connectivity index (χ0n) is 9.40. The van der Waals surface area contributed by atoms with E-state index in [1.165, 1.54) is 25.7 Å². The van der Waals surface area contributed by atoms with E-state index in [1.54, 1.807) is 0 Å². The maximum absolute atomic E-state index is 3.99. The highest BCUT2D eigenvalue weighted by molar-refractivity contribution is 4.89. The molecule has 1 heterocycles. The Balaban J connectivity index is 1.85. The number of H-pyrrole nitrogens is 1. The molecule has 1 aromatic heterocycles. The zero-order chi connectivity index (χ0) is 10.7. The van der Waals surface area contributed by atoms with Crippen LogP contribution >= 0.6 is 0 Å². The number of nitrogens with zero attached hydrogens (tertiary/aromatic N) is 3. The molecule has 5 heteroatoms. The molecule has 2 unspecified atom stereocenters. The van der Waals surface area contributed by atoms with Crippen molar-refractivity contribution >= 4 is 0 Å². The molecular formula is C10H19N5. The molecule has 0 saturated heterocycles. The van der Waals surface area contributed by atoms with Crippen molar-refractivity contribution < 1.29 is 0 Å². The molecule has 2 N–H and O–H groups in total. The summed E-state index contributed by atoms with van der Waals surface area (Å²) in [6.45, 7) is 4.34. The predicted octanol–water partition coefficient (Wildman–Crippen LogP) is 1.43. The third-order valence-corrected chi connectivity index (χ3v) is 3.37. The molecule has 1 saturated carbocycles. The van der Waals surface area contributed by atoms with Crippen LogP contribution in [0.25, 0.3) is 0 Å². The van der Waals surface area contributed by atoms with Gasteiger partial charge in [-0.2, -0.15) is 5.21 Å². The van der Waals surface area contributed by atoms with Crippen LogP contribution in [0, 0.1) is 5.92 Å². The molecular weight excluding hydrogens is 190 g/mol. The van der Waals surface area contributed by atoms with Crippen LogP contribution in [0.4, 0.5) is 0 Å². The molecule has 2 atom stereocenters. The second-order valence-electron chi connectivity index (χ2n) is 4.49. The molecule has 5 nitrogen and oxygen atoms in total. The average Bonchev–Trinajstić information content (AvgIpc) is 2.91. The van der Waals surface area contributed by atoms with Crippen molar-refractivity contribution in [1.29, 1.82) is 0 Å². The largest absolute Gasteiger partial charge is 0.305 e. The molecule has 2 rings (SSSR count). The minimum Gasteiger partial charge on any atom is -0.305 e. The second-order valence-corrected chi connectivity index (χ2v) is 4.49. The molecule has 0 aliphatic heterocycles. The molecule has 1 aliphatic rings. The zero-order valence-corrected chi connectivity index (χ0v) is 9.40. The van der Waals surface area contributed by atoms with E-state index in [1.807, 2.05) is 0 Å². The van der Waals surface area contributed by atoms with Crippen LogP contribution < -0.4 is 5.32 Å². The molecule has 1 aromatic rings. The summed E-state index contributed by atoms with van der Waals surface area (Å²) in [5.74, 6) is 1.57. The third-order valence-electron chi connectivity index (χ3n) is 3.37. The minimum absolute atomic E-state index is 0.180. The minimum atomic E-state index is 0.180. The maximum Gasteiger partial charge on any atom is 0.191 e. The van der Waals surface area contributed by atoms with Gasteiger partial charge in [-0.15, -0.1) is 10.2 Å². The molecule has 84 valence electrons. The van der Waals surface area contributed by atoms with Crippen LogP contribution in [0.2, 0.25) is 0 Å². The second kappa shape index (κ2) is 4.70. The summed E-state index contributed by atoms with van der Waals surface area (Å²) >= 11 is 0. The Labute approximate surface area is 90.0 Å². The van der Waals surface area contributed by atoms with Crippen molar-refractivity contribution in [2.24, 2.45) is 5.92 Å². The van der Waals surface area contributed by atoms with Crippen molar-refractivity contribution in [2.75, 3.05) is 0 Å². The van der Waals surface area contributed by atoms with Crippen molar-refractivity contribution in [3.63, 3.8) is 0 Å². The van der Waals surface area contributed by atoms with E-state index in [-0.39, 0.29) is 6.04 Å². The number of hydrogen-bond donors (Lipinski definition) is 2. The fraction of sp³-hybridized carbons (Fsp3) is 0.900. The molecule has 0 bridgehead atoms. The van der Waals surface area contributed by atoms with Crippen molar-refractivity contribution in [3.8, 4) is 0 Å². The van der Waals surface area contributed by atoms with Gasteiger partial charge in [-0.3, -0.25) is 0 Å². The first-order valence-electron chi connectivity index (χ1n) is 5.76. The van der Waals surface area contributed by atoms with E-state index >= 15 is 0 Å². The van der Waals surface area contributed by atoms with Gasteiger partial charge in [0.05, 0.1) is 6.04 Å². The van der Waals surface area contributed by atoms with Gasteiger partial charge >= 0.3 is 0 Å². The first-order valence-corrected chi connectivity index (χ1v) is 5.76. The molecule has 1 aliphatic carbocycles. The van der Waals surface area contributed by atoms with Crippen LogP contribution in [0.3, 0.4) is 0 Å². The first-order chi connectivity index (χ1) is 7.27. The summed E-state index contributed by atoms with van der Waals surface area (Å²) in [5, 5.41) is 17.6. The molecule has 1 fully saturated rings. The van der Waals surface area contributed by atoms with Crippen LogP contribution in [-0.4, -0.2) is 26.7 Å². The lowest BCUT2D eigenvalue weighted by atomic mass is 9.99. The maximum atomic E-state index is 3.99. The summed E-state index contributed by atoms with van der Waals surface area (Å²) < 4.78 is 0. The highest BCUT2D eigenvalue weighted by Crippen LogP contribution is 2.28. The first kappa shape index (κ1) is 10.5. The lowest BCUT2D eigenvalue weighted by Gasteiger charge is -2.23. The highest BCUT2D eigenvalue weighted by Gasteiger charge is 2.23. The number of hydrogen-bond acceptors (Lipinski definition) is 4. The Morgan fingerprint density at radius 3 is 2.67 bits per heavy atom. The van der Waals surface area contributed by atoms with E-state index in [0.717, 1.165) is 11.7 Å². The average molecular weight is 209 g/mol. The van der Waals surface area contributed by atoms with E-state index < -0.39 is 0 Å². The van der Waals surface area contributed by atoms with Gasteiger partial charge in [-0.1, -0.05) is 18.1 Å². The van der Waals surface area contributed by atoms with Gasteiger partial charge < -0.3 is 5.32 Å². The van der Waals surface area contributed by atoms with Crippen molar-refractivity contribution in [1.82, 2.24) is 25.9 Å². The van der Waals surface area contributed by atoms with Crippen LogP contribution in [0.1, 0.15) is 51.4 Å². The van der Waals surface area contributed by atoms with Crippen molar-refractivity contribution in [2.45, 2.75) is 51.6 Å². The Kier molecular flexibility index (Phi) is 3.30. The number of rotatable bonds is 4. The number of tetrazole rings is 1. The van der Waals surface area contributed by atoms with E-state index in [2.05, 4.69) is 39.8 Å². The third kappa shape index (κ3) is 2.53. The van der Waals surface area contributed by atoms with E-state index in [4.69, 9.17) is 0 Å². The van der Waals surface area contributed by atoms with Gasteiger partial charge in [0.15, 0.2) is 5.82 Å². The van der Waals surface area contributed by atoms with Crippen LogP contribution in [0.15, 0.2) is 0 Å². The van der Waals surface area contributed by atoms with Crippen LogP contribution in [-0.2, 0) is 0 Å². The quantitative estimate of drug-likeness (QED) is 0.787. The monoisotopic (exact) mass is 209 g/mol. The predicted molar refractivity (Wildman–Crippen MR) is 57.1 cm³/mol. The summed E-state index contributed by atoms with van der Waals surface area (Å²) in [7, 11) is 0.